The molecule has 0 N–H and O–H groups in total. The Balaban J connectivity index is 1.74. The van der Waals surface area contributed by atoms with Crippen LogP contribution >= 0.6 is 0 Å². The maximum Gasteiger partial charge on any atom is 0.435 e. The first-order chi connectivity index (χ1) is 18.8. The molecule has 0 spiro atoms. The van der Waals surface area contributed by atoms with Crippen molar-refractivity contribution in [2.24, 2.45) is 0 Å². The number of nitrogens with zero attached hydrogens (tertiary/aromatic N) is 3. The quantitative estimate of drug-likeness (QED) is 0.180. The molecule has 2 aromatic heterocycles. The maximum absolute atomic E-state index is 16.5. The van der Waals surface area contributed by atoms with Crippen LogP contribution in [0.1, 0.15) is 36.6 Å². The van der Waals surface area contributed by atoms with Crippen molar-refractivity contribution >= 4 is 39.9 Å². The summed E-state index contributed by atoms with van der Waals surface area (Å²) in [6.07, 6.45) is 3.26. The van der Waals surface area contributed by atoms with E-state index >= 15 is 4.39 Å². The average molecular weight is 530 g/mol. The van der Waals surface area contributed by atoms with Crippen LogP contribution < -0.4 is 0 Å². The van der Waals surface area contributed by atoms with Gasteiger partial charge in [0.1, 0.15) is 17.9 Å². The Morgan fingerprint density at radius 1 is 1.05 bits per heavy atom. The van der Waals surface area contributed by atoms with Crippen molar-refractivity contribution in [2.75, 3.05) is 7.11 Å². The Hall–Kier alpha value is -4.79. The van der Waals surface area contributed by atoms with Crippen LogP contribution in [-0.4, -0.2) is 33.5 Å². The molecule has 0 aliphatic rings. The number of rotatable bonds is 6. The predicted octanol–water partition coefficient (Wildman–Crippen LogP) is 6.75. The fourth-order valence-electron chi connectivity index (χ4n) is 4.69. The summed E-state index contributed by atoms with van der Waals surface area (Å²) in [7, 11) is 1.25. The van der Waals surface area contributed by atoms with Gasteiger partial charge in [0.05, 0.1) is 18.8 Å². The zero-order valence-electron chi connectivity index (χ0n) is 21.5. The second-order valence-electron chi connectivity index (χ2n) is 9.24. The molecule has 0 bridgehead atoms. The maximum atomic E-state index is 16.5. The number of hydrogen-bond acceptors (Lipinski definition) is 5. The minimum atomic E-state index is -0.833. The molecule has 0 atom stereocenters. The van der Waals surface area contributed by atoms with Gasteiger partial charge in [0.25, 0.3) is 0 Å². The first-order valence-electron chi connectivity index (χ1n) is 12.3. The van der Waals surface area contributed by atoms with Gasteiger partial charge in [-0.3, -0.25) is 0 Å². The molecule has 0 fully saturated rings. The second-order valence-corrected chi connectivity index (χ2v) is 9.24. The molecule has 5 rings (SSSR count). The van der Waals surface area contributed by atoms with Gasteiger partial charge in [-0.1, -0.05) is 44.2 Å². The number of fused-ring (bicyclic) bond motifs is 2. The van der Waals surface area contributed by atoms with Crippen LogP contribution in [0.5, 0.6) is 0 Å². The highest BCUT2D eigenvalue weighted by Crippen LogP contribution is 2.39. The SMILES string of the molecule is COC(=O)/C=C/c1c(C(C)C)n(-c2ccc(F)cc2)c2cc3cnn(C(=O)OCc4ccccc4)c3c(F)c12. The fourth-order valence-corrected chi connectivity index (χ4v) is 4.69. The Morgan fingerprint density at radius 2 is 1.77 bits per heavy atom. The zero-order valence-corrected chi connectivity index (χ0v) is 21.5. The topological polar surface area (TPSA) is 75.4 Å². The Bertz CT molecular complexity index is 1720. The summed E-state index contributed by atoms with van der Waals surface area (Å²) in [6.45, 7) is 3.87. The first kappa shape index (κ1) is 25.8. The number of methoxy groups -OCH3 is 1. The predicted molar refractivity (Wildman–Crippen MR) is 144 cm³/mol. The number of benzene rings is 3. The number of esters is 1. The van der Waals surface area contributed by atoms with Gasteiger partial charge in [-0.05, 0) is 47.9 Å². The number of ether oxygens (including phenoxy) is 2. The van der Waals surface area contributed by atoms with Crippen LogP contribution in [0.4, 0.5) is 13.6 Å². The van der Waals surface area contributed by atoms with E-state index in [1.807, 2.05) is 48.7 Å². The van der Waals surface area contributed by atoms with E-state index in [-0.39, 0.29) is 23.4 Å². The van der Waals surface area contributed by atoms with Gasteiger partial charge in [-0.15, -0.1) is 0 Å². The van der Waals surface area contributed by atoms with Crippen LogP contribution in [0, 0.1) is 11.6 Å². The molecule has 0 radical (unpaired) electrons. The van der Waals surface area contributed by atoms with Crippen molar-refractivity contribution in [2.45, 2.75) is 26.4 Å². The monoisotopic (exact) mass is 529 g/mol. The smallest absolute Gasteiger partial charge is 0.435 e. The standard InChI is InChI=1S/C30H25F2N3O4/c1-18(2)28-23(13-14-25(36)38-3)26-24(34(28)22-11-9-21(31)10-12-22)15-20-16-33-35(29(20)27(26)32)30(37)39-17-19-7-5-4-6-8-19/h4-16,18H,17H2,1-3H3/b14-13+. The molecule has 0 aliphatic heterocycles. The average Bonchev–Trinajstić information content (AvgIpc) is 3.51. The summed E-state index contributed by atoms with van der Waals surface area (Å²) in [5.74, 6) is -1.85. The Morgan fingerprint density at radius 3 is 2.44 bits per heavy atom. The van der Waals surface area contributed by atoms with Crippen molar-refractivity contribution in [3.8, 4) is 5.69 Å². The van der Waals surface area contributed by atoms with Crippen molar-refractivity contribution in [1.82, 2.24) is 14.3 Å². The van der Waals surface area contributed by atoms with Gasteiger partial charge in [0, 0.05) is 33.8 Å². The van der Waals surface area contributed by atoms with E-state index in [2.05, 4.69) is 5.10 Å². The van der Waals surface area contributed by atoms with Crippen LogP contribution in [0.3, 0.4) is 0 Å². The highest BCUT2D eigenvalue weighted by molar-refractivity contribution is 6.05. The van der Waals surface area contributed by atoms with E-state index < -0.39 is 23.7 Å². The Labute approximate surface area is 222 Å². The van der Waals surface area contributed by atoms with Crippen molar-refractivity contribution in [3.05, 3.63) is 101 Å². The third-order valence-electron chi connectivity index (χ3n) is 6.40. The lowest BCUT2D eigenvalue weighted by Gasteiger charge is -2.14. The molecule has 0 amide bonds. The van der Waals surface area contributed by atoms with E-state index in [1.165, 1.54) is 37.6 Å². The fraction of sp³-hybridized carbons (Fsp3) is 0.167. The molecule has 3 aromatic carbocycles. The molecule has 2 heterocycles. The lowest BCUT2D eigenvalue weighted by Crippen LogP contribution is -2.15. The van der Waals surface area contributed by atoms with Gasteiger partial charge in [-0.2, -0.15) is 9.78 Å². The molecule has 7 nitrogen and oxygen atoms in total. The Kier molecular flexibility index (Phi) is 6.98. The highest BCUT2D eigenvalue weighted by atomic mass is 19.1. The minimum Gasteiger partial charge on any atom is -0.466 e. The molecule has 0 aliphatic carbocycles. The molecular formula is C30H25F2N3O4. The minimum absolute atomic E-state index is 0.00352. The van der Waals surface area contributed by atoms with Gasteiger partial charge in [0.15, 0.2) is 5.82 Å². The summed E-state index contributed by atoms with van der Waals surface area (Å²) in [4.78, 5) is 24.9. The van der Waals surface area contributed by atoms with Gasteiger partial charge in [-0.25, -0.2) is 18.4 Å². The summed E-state index contributed by atoms with van der Waals surface area (Å²) in [6, 6.07) is 16.7. The molecule has 39 heavy (non-hydrogen) atoms. The number of carbonyl (C=O) groups is 2. The summed E-state index contributed by atoms with van der Waals surface area (Å²) in [5.41, 5.74) is 2.92. The first-order valence-corrected chi connectivity index (χ1v) is 12.3. The van der Waals surface area contributed by atoms with Gasteiger partial charge in [0.2, 0.25) is 0 Å². The molecule has 0 saturated heterocycles. The summed E-state index contributed by atoms with van der Waals surface area (Å²) >= 11 is 0. The van der Waals surface area contributed by atoms with Crippen LogP contribution in [0.25, 0.3) is 33.6 Å². The number of halogens is 2. The molecule has 0 saturated carbocycles. The number of carbonyl (C=O) groups excluding carboxylic acids is 2. The third-order valence-corrected chi connectivity index (χ3v) is 6.40. The summed E-state index contributed by atoms with van der Waals surface area (Å²) in [5, 5.41) is 4.66. The second kappa shape index (κ2) is 10.5. The largest absolute Gasteiger partial charge is 0.466 e. The van der Waals surface area contributed by atoms with Gasteiger partial charge < -0.3 is 14.0 Å². The van der Waals surface area contributed by atoms with E-state index in [4.69, 9.17) is 9.47 Å². The van der Waals surface area contributed by atoms with Gasteiger partial charge >= 0.3 is 12.1 Å². The van der Waals surface area contributed by atoms with E-state index in [1.54, 1.807) is 18.2 Å². The zero-order chi connectivity index (χ0) is 27.7. The lowest BCUT2D eigenvalue weighted by molar-refractivity contribution is -0.134. The van der Waals surface area contributed by atoms with Crippen molar-refractivity contribution in [3.63, 3.8) is 0 Å². The van der Waals surface area contributed by atoms with E-state index in [0.29, 0.717) is 27.8 Å². The van der Waals surface area contributed by atoms with Crippen molar-refractivity contribution < 1.29 is 27.8 Å². The molecule has 5 aromatic rings. The number of aromatic nitrogens is 3. The molecular weight excluding hydrogens is 504 g/mol. The number of hydrogen-bond donors (Lipinski definition) is 0. The lowest BCUT2D eigenvalue weighted by atomic mass is 10.0. The van der Waals surface area contributed by atoms with E-state index in [0.717, 1.165) is 10.2 Å². The molecule has 198 valence electrons. The van der Waals surface area contributed by atoms with Crippen molar-refractivity contribution in [1.29, 1.82) is 0 Å². The third kappa shape index (κ3) is 4.79. The summed E-state index contributed by atoms with van der Waals surface area (Å²) < 4.78 is 43.1. The normalized spacial score (nSPS) is 11.6. The van der Waals surface area contributed by atoms with E-state index in [9.17, 15) is 14.0 Å². The highest BCUT2D eigenvalue weighted by Gasteiger charge is 2.26. The molecule has 9 heteroatoms. The molecule has 0 unspecified atom stereocenters. The van der Waals surface area contributed by atoms with Crippen LogP contribution in [0.2, 0.25) is 0 Å². The van der Waals surface area contributed by atoms with Crippen LogP contribution in [-0.2, 0) is 20.9 Å². The van der Waals surface area contributed by atoms with Crippen LogP contribution in [0.15, 0.2) is 72.9 Å².